The van der Waals surface area contributed by atoms with Gasteiger partial charge in [0.1, 0.15) is 11.3 Å². The van der Waals surface area contributed by atoms with Gasteiger partial charge < -0.3 is 0 Å². The number of thiazole rings is 1. The molecule has 134 valence electrons. The summed E-state index contributed by atoms with van der Waals surface area (Å²) in [5, 5.41) is 0.451. The first-order valence-electron chi connectivity index (χ1n) is 8.45. The van der Waals surface area contributed by atoms with Crippen molar-refractivity contribution in [3.8, 4) is 0 Å². The molecule has 4 aromatic rings. The maximum absolute atomic E-state index is 14.1. The van der Waals surface area contributed by atoms with Crippen molar-refractivity contribution in [2.75, 3.05) is 4.90 Å². The van der Waals surface area contributed by atoms with Crippen molar-refractivity contribution in [1.82, 2.24) is 9.97 Å². The Morgan fingerprint density at radius 2 is 1.96 bits per heavy atom. The van der Waals surface area contributed by atoms with Crippen LogP contribution in [-0.4, -0.2) is 15.9 Å². The van der Waals surface area contributed by atoms with Gasteiger partial charge in [0.15, 0.2) is 5.13 Å². The van der Waals surface area contributed by atoms with Gasteiger partial charge in [-0.2, -0.15) is 0 Å². The van der Waals surface area contributed by atoms with Gasteiger partial charge in [0.25, 0.3) is 5.91 Å². The fourth-order valence-electron chi connectivity index (χ4n) is 2.83. The Balaban J connectivity index is 1.79. The Morgan fingerprint density at radius 3 is 2.70 bits per heavy atom. The highest BCUT2D eigenvalue weighted by Gasteiger charge is 2.23. The number of hydrogen-bond acceptors (Lipinski definition) is 4. The normalized spacial score (nSPS) is 10.9. The first-order valence-corrected chi connectivity index (χ1v) is 9.27. The number of fused-ring (bicyclic) bond motifs is 1. The van der Waals surface area contributed by atoms with E-state index in [2.05, 4.69) is 9.97 Å². The van der Waals surface area contributed by atoms with Crippen LogP contribution in [0.2, 0.25) is 0 Å². The van der Waals surface area contributed by atoms with E-state index in [-0.39, 0.29) is 18.0 Å². The Kier molecular flexibility index (Phi) is 4.64. The van der Waals surface area contributed by atoms with Gasteiger partial charge in [-0.3, -0.25) is 14.7 Å². The number of amides is 1. The molecule has 0 atom stereocenters. The van der Waals surface area contributed by atoms with Crippen LogP contribution in [-0.2, 0) is 6.54 Å². The molecule has 4 rings (SSSR count). The van der Waals surface area contributed by atoms with Crippen LogP contribution in [0.1, 0.15) is 21.6 Å². The van der Waals surface area contributed by atoms with E-state index < -0.39 is 5.82 Å². The van der Waals surface area contributed by atoms with Crippen LogP contribution in [0.15, 0.2) is 66.9 Å². The summed E-state index contributed by atoms with van der Waals surface area (Å²) in [5.74, 6) is -0.584. The average molecular weight is 377 g/mol. The Labute approximate surface area is 159 Å². The maximum Gasteiger partial charge on any atom is 0.260 e. The number of halogens is 1. The zero-order valence-corrected chi connectivity index (χ0v) is 15.4. The molecule has 0 aliphatic rings. The van der Waals surface area contributed by atoms with Crippen LogP contribution in [0.5, 0.6) is 0 Å². The third kappa shape index (κ3) is 3.57. The SMILES string of the molecule is Cc1cccc(C(=O)N(Cc2ccccn2)c2nc3c(F)cccc3s2)c1. The number of aryl methyl sites for hydroxylation is 1. The number of carbonyl (C=O) groups excluding carboxylic acids is 1. The molecule has 1 amide bonds. The molecule has 0 radical (unpaired) electrons. The standard InChI is InChI=1S/C21H16FN3OS/c1-14-6-4-7-15(12-14)20(26)25(13-16-8-2-3-11-23-16)21-24-19-17(22)9-5-10-18(19)27-21/h2-12H,13H2,1H3. The molecule has 0 bridgehead atoms. The average Bonchev–Trinajstić information content (AvgIpc) is 3.12. The van der Waals surface area contributed by atoms with E-state index in [1.807, 2.05) is 43.3 Å². The third-order valence-corrected chi connectivity index (χ3v) is 5.19. The molecule has 0 saturated heterocycles. The highest BCUT2D eigenvalue weighted by Crippen LogP contribution is 2.32. The molecule has 0 aliphatic heterocycles. The van der Waals surface area contributed by atoms with Crippen molar-refractivity contribution in [2.24, 2.45) is 0 Å². The number of benzene rings is 2. The molecule has 0 spiro atoms. The summed E-state index contributed by atoms with van der Waals surface area (Å²) >= 11 is 1.29. The van der Waals surface area contributed by atoms with Crippen LogP contribution in [0, 0.1) is 12.7 Å². The van der Waals surface area contributed by atoms with E-state index in [0.29, 0.717) is 15.4 Å². The van der Waals surface area contributed by atoms with Crippen LogP contribution < -0.4 is 4.90 Å². The number of rotatable bonds is 4. The van der Waals surface area contributed by atoms with Crippen molar-refractivity contribution in [2.45, 2.75) is 13.5 Å². The second-order valence-corrected chi connectivity index (χ2v) is 7.17. The van der Waals surface area contributed by atoms with Crippen molar-refractivity contribution < 1.29 is 9.18 Å². The summed E-state index contributed by atoms with van der Waals surface area (Å²) < 4.78 is 14.8. The Bertz CT molecular complexity index is 1110. The summed E-state index contributed by atoms with van der Waals surface area (Å²) in [6, 6.07) is 17.8. The number of pyridine rings is 1. The first-order chi connectivity index (χ1) is 13.1. The van der Waals surface area contributed by atoms with Crippen LogP contribution in [0.25, 0.3) is 10.2 Å². The Morgan fingerprint density at radius 1 is 1.11 bits per heavy atom. The van der Waals surface area contributed by atoms with Crippen molar-refractivity contribution >= 4 is 32.6 Å². The summed E-state index contributed by atoms with van der Waals surface area (Å²) in [7, 11) is 0. The summed E-state index contributed by atoms with van der Waals surface area (Å²) in [6.45, 7) is 2.20. The molecule has 27 heavy (non-hydrogen) atoms. The lowest BCUT2D eigenvalue weighted by atomic mass is 10.1. The number of nitrogens with zero attached hydrogens (tertiary/aromatic N) is 3. The van der Waals surface area contributed by atoms with Crippen molar-refractivity contribution in [3.63, 3.8) is 0 Å². The van der Waals surface area contributed by atoms with E-state index in [4.69, 9.17) is 0 Å². The first kappa shape index (κ1) is 17.3. The van der Waals surface area contributed by atoms with E-state index in [0.717, 1.165) is 11.3 Å². The quantitative estimate of drug-likeness (QED) is 0.504. The lowest BCUT2D eigenvalue weighted by molar-refractivity contribution is 0.0984. The lowest BCUT2D eigenvalue weighted by Crippen LogP contribution is -2.30. The van der Waals surface area contributed by atoms with Gasteiger partial charge in [0, 0.05) is 11.8 Å². The van der Waals surface area contributed by atoms with Crippen LogP contribution in [0.3, 0.4) is 0 Å². The molecular weight excluding hydrogens is 361 g/mol. The summed E-state index contributed by atoms with van der Waals surface area (Å²) in [4.78, 5) is 23.5. The second kappa shape index (κ2) is 7.25. The topological polar surface area (TPSA) is 46.1 Å². The molecule has 4 nitrogen and oxygen atoms in total. The van der Waals surface area contributed by atoms with E-state index >= 15 is 0 Å². The number of carbonyl (C=O) groups is 1. The molecule has 0 unspecified atom stereocenters. The predicted octanol–water partition coefficient (Wildman–Crippen LogP) is 4.99. The molecule has 0 fully saturated rings. The molecular formula is C21H16FN3OS. The van der Waals surface area contributed by atoms with E-state index in [9.17, 15) is 9.18 Å². The second-order valence-electron chi connectivity index (χ2n) is 6.16. The molecule has 0 aliphatic carbocycles. The lowest BCUT2D eigenvalue weighted by Gasteiger charge is -2.19. The minimum atomic E-state index is -0.393. The molecule has 0 saturated carbocycles. The largest absolute Gasteiger partial charge is 0.278 e. The molecule has 2 heterocycles. The summed E-state index contributed by atoms with van der Waals surface area (Å²) in [5.41, 5.74) is 2.57. The minimum absolute atomic E-state index is 0.191. The van der Waals surface area contributed by atoms with Crippen molar-refractivity contribution in [1.29, 1.82) is 0 Å². The fraction of sp³-hybridized carbons (Fsp3) is 0.0952. The van der Waals surface area contributed by atoms with Crippen LogP contribution in [0.4, 0.5) is 9.52 Å². The zero-order valence-electron chi connectivity index (χ0n) is 14.6. The number of aromatic nitrogens is 2. The summed E-state index contributed by atoms with van der Waals surface area (Å²) in [6.07, 6.45) is 1.68. The smallest absolute Gasteiger partial charge is 0.260 e. The predicted molar refractivity (Wildman–Crippen MR) is 106 cm³/mol. The minimum Gasteiger partial charge on any atom is -0.278 e. The number of anilines is 1. The van der Waals surface area contributed by atoms with Crippen molar-refractivity contribution in [3.05, 3.63) is 89.5 Å². The van der Waals surface area contributed by atoms with Gasteiger partial charge in [0.2, 0.25) is 0 Å². The van der Waals surface area contributed by atoms with Gasteiger partial charge in [-0.1, -0.05) is 41.2 Å². The number of para-hydroxylation sites is 1. The van der Waals surface area contributed by atoms with Crippen LogP contribution >= 0.6 is 11.3 Å². The van der Waals surface area contributed by atoms with Gasteiger partial charge in [-0.05, 0) is 43.3 Å². The molecule has 6 heteroatoms. The Hall–Kier alpha value is -3.12. The van der Waals surface area contributed by atoms with Gasteiger partial charge in [-0.15, -0.1) is 0 Å². The van der Waals surface area contributed by atoms with E-state index in [1.54, 1.807) is 29.3 Å². The maximum atomic E-state index is 14.1. The highest BCUT2D eigenvalue weighted by molar-refractivity contribution is 7.22. The zero-order chi connectivity index (χ0) is 18.8. The van der Waals surface area contributed by atoms with E-state index in [1.165, 1.54) is 17.4 Å². The molecule has 0 N–H and O–H groups in total. The molecule has 2 aromatic heterocycles. The number of hydrogen-bond donors (Lipinski definition) is 0. The highest BCUT2D eigenvalue weighted by atomic mass is 32.1. The van der Waals surface area contributed by atoms with Gasteiger partial charge in [-0.25, -0.2) is 9.37 Å². The fourth-order valence-corrected chi connectivity index (χ4v) is 3.81. The monoisotopic (exact) mass is 377 g/mol. The molecule has 2 aromatic carbocycles. The third-order valence-electron chi connectivity index (χ3n) is 4.15. The van der Waals surface area contributed by atoms with Gasteiger partial charge >= 0.3 is 0 Å². The van der Waals surface area contributed by atoms with Gasteiger partial charge in [0.05, 0.1) is 16.9 Å².